The van der Waals surface area contributed by atoms with Crippen LogP contribution in [-0.4, -0.2) is 41.3 Å². The molecule has 0 saturated carbocycles. The highest BCUT2D eigenvalue weighted by molar-refractivity contribution is 9.10. The van der Waals surface area contributed by atoms with Gasteiger partial charge in [0.15, 0.2) is 0 Å². The van der Waals surface area contributed by atoms with Crippen molar-refractivity contribution in [3.05, 3.63) is 58.3 Å². The fourth-order valence-electron chi connectivity index (χ4n) is 2.89. The van der Waals surface area contributed by atoms with E-state index in [0.29, 0.717) is 49.8 Å². The van der Waals surface area contributed by atoms with Crippen LogP contribution < -0.4 is 15.5 Å². The molecule has 3 aromatic rings. The van der Waals surface area contributed by atoms with Crippen molar-refractivity contribution in [2.75, 3.05) is 41.8 Å². The molecule has 1 aromatic heterocycles. The van der Waals surface area contributed by atoms with Crippen molar-refractivity contribution in [2.45, 2.75) is 6.92 Å². The molecule has 1 fully saturated rings. The molecule has 0 atom stereocenters. The second-order valence-corrected chi connectivity index (χ2v) is 7.48. The fraction of sp³-hybridized carbons (Fsp3) is 0.250. The maximum absolute atomic E-state index is 13.2. The Bertz CT molecular complexity index is 995. The number of nitrogens with one attached hydrogen (secondary N) is 2. The number of benzene rings is 2. The van der Waals surface area contributed by atoms with Crippen molar-refractivity contribution in [1.29, 1.82) is 0 Å². The van der Waals surface area contributed by atoms with Crippen LogP contribution in [0.2, 0.25) is 0 Å². The maximum Gasteiger partial charge on any atom is 0.233 e. The number of ether oxygens (including phenoxy) is 1. The second kappa shape index (κ2) is 8.71. The van der Waals surface area contributed by atoms with E-state index in [1.807, 2.05) is 25.1 Å². The van der Waals surface area contributed by atoms with Crippen LogP contribution >= 0.6 is 15.9 Å². The molecule has 0 aliphatic carbocycles. The molecule has 150 valence electrons. The predicted octanol–water partition coefficient (Wildman–Crippen LogP) is 4.41. The molecule has 7 nitrogen and oxygen atoms in total. The van der Waals surface area contributed by atoms with E-state index in [1.165, 1.54) is 12.1 Å². The van der Waals surface area contributed by atoms with Crippen LogP contribution in [0.15, 0.2) is 46.9 Å². The molecule has 29 heavy (non-hydrogen) atoms. The Morgan fingerprint density at radius 3 is 2.34 bits per heavy atom. The lowest BCUT2D eigenvalue weighted by molar-refractivity contribution is 0.122. The maximum atomic E-state index is 13.2. The number of morpholine rings is 1. The van der Waals surface area contributed by atoms with E-state index < -0.39 is 0 Å². The summed E-state index contributed by atoms with van der Waals surface area (Å²) in [6.45, 7) is 4.68. The molecule has 0 spiro atoms. The van der Waals surface area contributed by atoms with Gasteiger partial charge in [-0.25, -0.2) is 4.39 Å². The van der Waals surface area contributed by atoms with Gasteiger partial charge >= 0.3 is 0 Å². The van der Waals surface area contributed by atoms with Crippen LogP contribution in [0.4, 0.5) is 33.6 Å². The van der Waals surface area contributed by atoms with E-state index in [2.05, 4.69) is 46.4 Å². The molecular weight excluding hydrogens is 439 g/mol. The number of aryl methyl sites for hydroxylation is 1. The largest absolute Gasteiger partial charge is 0.378 e. The lowest BCUT2D eigenvalue weighted by Crippen LogP contribution is -2.37. The molecule has 0 unspecified atom stereocenters. The molecule has 2 heterocycles. The first-order chi connectivity index (χ1) is 14.1. The van der Waals surface area contributed by atoms with Crippen molar-refractivity contribution < 1.29 is 9.13 Å². The Morgan fingerprint density at radius 2 is 1.66 bits per heavy atom. The zero-order chi connectivity index (χ0) is 20.2. The molecule has 2 aromatic carbocycles. The van der Waals surface area contributed by atoms with Gasteiger partial charge < -0.3 is 20.3 Å². The zero-order valence-electron chi connectivity index (χ0n) is 15.8. The second-order valence-electron chi connectivity index (χ2n) is 6.62. The van der Waals surface area contributed by atoms with Crippen LogP contribution in [0.5, 0.6) is 0 Å². The van der Waals surface area contributed by atoms with Crippen molar-refractivity contribution in [3.63, 3.8) is 0 Å². The monoisotopic (exact) mass is 458 g/mol. The van der Waals surface area contributed by atoms with E-state index >= 15 is 0 Å². The molecule has 4 rings (SSSR count). The highest BCUT2D eigenvalue weighted by Gasteiger charge is 2.17. The zero-order valence-corrected chi connectivity index (χ0v) is 17.4. The van der Waals surface area contributed by atoms with Crippen LogP contribution in [0.1, 0.15) is 5.56 Å². The Labute approximate surface area is 176 Å². The Balaban J connectivity index is 1.66. The highest BCUT2D eigenvalue weighted by Crippen LogP contribution is 2.27. The summed E-state index contributed by atoms with van der Waals surface area (Å²) in [4.78, 5) is 15.7. The summed E-state index contributed by atoms with van der Waals surface area (Å²) in [5.41, 5.74) is 2.68. The standard InChI is InChI=1S/C20H20BrFN6O/c1-13-2-7-17(16(21)12-13)24-19-25-18(23-15-5-3-14(22)4-6-15)26-20(27-19)28-8-10-29-11-9-28/h2-7,12H,8-11H2,1H3,(H2,23,24,25,26,27). The average Bonchev–Trinajstić information content (AvgIpc) is 2.72. The Hall–Kier alpha value is -2.78. The topological polar surface area (TPSA) is 75.2 Å². The van der Waals surface area contributed by atoms with Gasteiger partial charge in [0.05, 0.1) is 18.9 Å². The summed E-state index contributed by atoms with van der Waals surface area (Å²) in [5, 5.41) is 6.37. The molecule has 1 aliphatic heterocycles. The van der Waals surface area contributed by atoms with E-state index in [0.717, 1.165) is 15.7 Å². The molecule has 1 saturated heterocycles. The fourth-order valence-corrected chi connectivity index (χ4v) is 3.48. The molecule has 1 aliphatic rings. The molecule has 2 N–H and O–H groups in total. The summed E-state index contributed by atoms with van der Waals surface area (Å²) in [7, 11) is 0. The van der Waals surface area contributed by atoms with Gasteiger partial charge in [-0.1, -0.05) is 6.07 Å². The Kier molecular flexibility index (Phi) is 5.86. The first-order valence-electron chi connectivity index (χ1n) is 9.21. The van der Waals surface area contributed by atoms with Gasteiger partial charge in [-0.3, -0.25) is 0 Å². The van der Waals surface area contributed by atoms with Crippen LogP contribution in [0, 0.1) is 12.7 Å². The lowest BCUT2D eigenvalue weighted by Gasteiger charge is -2.27. The van der Waals surface area contributed by atoms with Crippen molar-refractivity contribution in [3.8, 4) is 0 Å². The summed E-state index contributed by atoms with van der Waals surface area (Å²) >= 11 is 3.57. The number of nitrogens with zero attached hydrogens (tertiary/aromatic N) is 4. The number of halogens is 2. The quantitative estimate of drug-likeness (QED) is 0.586. The van der Waals surface area contributed by atoms with Gasteiger partial charge in [-0.05, 0) is 64.8 Å². The van der Waals surface area contributed by atoms with Gasteiger partial charge in [0, 0.05) is 23.2 Å². The van der Waals surface area contributed by atoms with E-state index in [-0.39, 0.29) is 5.82 Å². The summed E-state index contributed by atoms with van der Waals surface area (Å²) in [6, 6.07) is 12.0. The van der Waals surface area contributed by atoms with Gasteiger partial charge in [-0.15, -0.1) is 0 Å². The van der Waals surface area contributed by atoms with Crippen molar-refractivity contribution >= 4 is 45.1 Å². The third-order valence-corrected chi connectivity index (χ3v) is 5.05. The van der Waals surface area contributed by atoms with E-state index in [1.54, 1.807) is 12.1 Å². The predicted molar refractivity (Wildman–Crippen MR) is 115 cm³/mol. The summed E-state index contributed by atoms with van der Waals surface area (Å²) < 4.78 is 19.5. The van der Waals surface area contributed by atoms with Gasteiger partial charge in [-0.2, -0.15) is 15.0 Å². The molecule has 0 amide bonds. The Morgan fingerprint density at radius 1 is 0.966 bits per heavy atom. The summed E-state index contributed by atoms with van der Waals surface area (Å²) in [5.74, 6) is 1.04. The first-order valence-corrected chi connectivity index (χ1v) is 10.0. The summed E-state index contributed by atoms with van der Waals surface area (Å²) in [6.07, 6.45) is 0. The number of hydrogen-bond donors (Lipinski definition) is 2. The minimum Gasteiger partial charge on any atom is -0.378 e. The van der Waals surface area contributed by atoms with Crippen LogP contribution in [0.3, 0.4) is 0 Å². The molecule has 0 radical (unpaired) electrons. The van der Waals surface area contributed by atoms with Crippen LogP contribution in [0.25, 0.3) is 0 Å². The molecule has 0 bridgehead atoms. The third kappa shape index (κ3) is 4.99. The third-order valence-electron chi connectivity index (χ3n) is 4.39. The minimum atomic E-state index is -0.299. The van der Waals surface area contributed by atoms with Crippen molar-refractivity contribution in [1.82, 2.24) is 15.0 Å². The number of hydrogen-bond acceptors (Lipinski definition) is 7. The van der Waals surface area contributed by atoms with Crippen molar-refractivity contribution in [2.24, 2.45) is 0 Å². The van der Waals surface area contributed by atoms with Gasteiger partial charge in [0.25, 0.3) is 0 Å². The minimum absolute atomic E-state index is 0.299. The normalized spacial score (nSPS) is 14.0. The van der Waals surface area contributed by atoms with E-state index in [9.17, 15) is 4.39 Å². The number of aromatic nitrogens is 3. The SMILES string of the molecule is Cc1ccc(Nc2nc(Nc3ccc(F)cc3)nc(N3CCOCC3)n2)c(Br)c1. The number of anilines is 5. The lowest BCUT2D eigenvalue weighted by atomic mass is 10.2. The number of rotatable bonds is 5. The molecule has 9 heteroatoms. The van der Waals surface area contributed by atoms with Crippen LogP contribution in [-0.2, 0) is 4.74 Å². The van der Waals surface area contributed by atoms with Gasteiger partial charge in [0.1, 0.15) is 5.82 Å². The van der Waals surface area contributed by atoms with Gasteiger partial charge in [0.2, 0.25) is 17.8 Å². The van der Waals surface area contributed by atoms with E-state index in [4.69, 9.17) is 4.74 Å². The molecular formula is C20H20BrFN6O. The smallest absolute Gasteiger partial charge is 0.233 e. The first kappa shape index (κ1) is 19.5. The average molecular weight is 459 g/mol. The highest BCUT2D eigenvalue weighted by atomic mass is 79.9.